The van der Waals surface area contributed by atoms with Gasteiger partial charge in [0.15, 0.2) is 0 Å². The van der Waals surface area contributed by atoms with Gasteiger partial charge in [-0.2, -0.15) is 5.10 Å². The van der Waals surface area contributed by atoms with Crippen LogP contribution < -0.4 is 11.2 Å². The Hall–Kier alpha value is -2.27. The molecular formula is C13H14ClN5. The highest BCUT2D eigenvalue weighted by atomic mass is 35.5. The van der Waals surface area contributed by atoms with Crippen LogP contribution in [0.1, 0.15) is 5.69 Å². The third-order valence-electron chi connectivity index (χ3n) is 2.50. The minimum atomic E-state index is 0.265. The maximum atomic E-state index is 5.87. The number of rotatable bonds is 3. The molecule has 0 radical (unpaired) electrons. The van der Waals surface area contributed by atoms with E-state index in [2.05, 4.69) is 15.5 Å². The van der Waals surface area contributed by atoms with Crippen molar-refractivity contribution in [3.05, 3.63) is 53.3 Å². The molecule has 0 spiro atoms. The molecule has 98 valence electrons. The molecule has 19 heavy (non-hydrogen) atoms. The lowest BCUT2D eigenvalue weighted by Crippen LogP contribution is -2.26. The molecular weight excluding hydrogens is 262 g/mol. The number of hydrogen-bond acceptors (Lipinski definition) is 2. The molecule has 0 aliphatic rings. The van der Waals surface area contributed by atoms with E-state index in [1.54, 1.807) is 13.3 Å². The molecule has 2 rings (SSSR count). The van der Waals surface area contributed by atoms with Crippen LogP contribution in [0.2, 0.25) is 5.02 Å². The first-order chi connectivity index (χ1) is 9.20. The fourth-order valence-corrected chi connectivity index (χ4v) is 1.68. The summed E-state index contributed by atoms with van der Waals surface area (Å²) in [7, 11) is 1.59. The van der Waals surface area contributed by atoms with E-state index in [0.717, 1.165) is 11.4 Å². The van der Waals surface area contributed by atoms with E-state index in [1.807, 2.05) is 47.2 Å². The van der Waals surface area contributed by atoms with Crippen LogP contribution in [-0.2, 0) is 0 Å². The van der Waals surface area contributed by atoms with Crippen molar-refractivity contribution < 1.29 is 0 Å². The van der Waals surface area contributed by atoms with E-state index in [-0.39, 0.29) is 5.96 Å². The van der Waals surface area contributed by atoms with E-state index < -0.39 is 0 Å². The van der Waals surface area contributed by atoms with Crippen molar-refractivity contribution >= 4 is 23.8 Å². The number of nitrogens with zero attached hydrogens (tertiary/aromatic N) is 3. The third kappa shape index (κ3) is 3.35. The first-order valence-corrected chi connectivity index (χ1v) is 6.03. The average Bonchev–Trinajstić information content (AvgIpc) is 2.88. The summed E-state index contributed by atoms with van der Waals surface area (Å²) in [6.07, 6.45) is 3.62. The molecule has 0 fully saturated rings. The molecule has 2 aromatic rings. The number of guanidine groups is 1. The Bertz CT molecular complexity index is 598. The molecule has 1 aromatic heterocycles. The van der Waals surface area contributed by atoms with Crippen molar-refractivity contribution in [2.75, 3.05) is 7.05 Å². The summed E-state index contributed by atoms with van der Waals surface area (Å²) in [5.41, 5.74) is 10.0. The van der Waals surface area contributed by atoms with Gasteiger partial charge in [-0.25, -0.2) is 5.43 Å². The lowest BCUT2D eigenvalue weighted by molar-refractivity contribution is 0.996. The number of halogens is 1. The van der Waals surface area contributed by atoms with Gasteiger partial charge in [-0.05, 0) is 36.4 Å². The molecule has 0 saturated carbocycles. The van der Waals surface area contributed by atoms with Crippen LogP contribution in [0.4, 0.5) is 0 Å². The van der Waals surface area contributed by atoms with Crippen LogP contribution in [0.25, 0.3) is 5.69 Å². The number of nitrogens with two attached hydrogens (primary N) is 1. The van der Waals surface area contributed by atoms with E-state index >= 15 is 0 Å². The lowest BCUT2D eigenvalue weighted by Gasteiger charge is -2.06. The second kappa shape index (κ2) is 6.06. The zero-order valence-electron chi connectivity index (χ0n) is 10.4. The highest BCUT2D eigenvalue weighted by Gasteiger charge is 2.00. The molecule has 0 amide bonds. The first kappa shape index (κ1) is 13.2. The summed E-state index contributed by atoms with van der Waals surface area (Å²) in [4.78, 5) is 3.75. The topological polar surface area (TPSA) is 67.7 Å². The highest BCUT2D eigenvalue weighted by Crippen LogP contribution is 2.15. The van der Waals surface area contributed by atoms with Crippen LogP contribution in [-0.4, -0.2) is 23.8 Å². The van der Waals surface area contributed by atoms with E-state index in [1.165, 1.54) is 0 Å². The molecule has 6 heteroatoms. The minimum Gasteiger partial charge on any atom is -0.369 e. The summed E-state index contributed by atoms with van der Waals surface area (Å²) in [5.74, 6) is 0.265. The van der Waals surface area contributed by atoms with Crippen LogP contribution in [0, 0.1) is 0 Å². The van der Waals surface area contributed by atoms with Crippen molar-refractivity contribution in [1.29, 1.82) is 0 Å². The molecule has 1 heterocycles. The Morgan fingerprint density at radius 3 is 2.74 bits per heavy atom. The third-order valence-corrected chi connectivity index (χ3v) is 2.75. The molecule has 3 N–H and O–H groups in total. The predicted molar refractivity (Wildman–Crippen MR) is 79.1 cm³/mol. The monoisotopic (exact) mass is 275 g/mol. The van der Waals surface area contributed by atoms with Crippen LogP contribution >= 0.6 is 11.6 Å². The fourth-order valence-electron chi connectivity index (χ4n) is 1.55. The maximum Gasteiger partial charge on any atom is 0.209 e. The van der Waals surface area contributed by atoms with Gasteiger partial charge in [-0.1, -0.05) is 11.6 Å². The van der Waals surface area contributed by atoms with Gasteiger partial charge in [0, 0.05) is 24.0 Å². The Labute approximate surface area is 116 Å². The Kier molecular flexibility index (Phi) is 4.20. The van der Waals surface area contributed by atoms with Gasteiger partial charge in [-0.3, -0.25) is 4.99 Å². The Morgan fingerprint density at radius 1 is 1.32 bits per heavy atom. The summed E-state index contributed by atoms with van der Waals surface area (Å²) >= 11 is 5.87. The second-order valence-electron chi connectivity index (χ2n) is 3.76. The van der Waals surface area contributed by atoms with E-state index in [9.17, 15) is 0 Å². The fraction of sp³-hybridized carbons (Fsp3) is 0.0769. The number of hydrogen-bond donors (Lipinski definition) is 2. The number of aliphatic imine (C=N–C) groups is 1. The highest BCUT2D eigenvalue weighted by molar-refractivity contribution is 6.30. The molecule has 0 saturated heterocycles. The molecule has 0 aliphatic carbocycles. The van der Waals surface area contributed by atoms with Crippen molar-refractivity contribution in [3.63, 3.8) is 0 Å². The Morgan fingerprint density at radius 2 is 2.05 bits per heavy atom. The lowest BCUT2D eigenvalue weighted by atomic mass is 10.3. The average molecular weight is 276 g/mol. The normalized spacial score (nSPS) is 12.0. The summed E-state index contributed by atoms with van der Waals surface area (Å²) in [5, 5.41) is 4.72. The molecule has 0 atom stereocenters. The van der Waals surface area contributed by atoms with Gasteiger partial charge in [-0.15, -0.1) is 0 Å². The van der Waals surface area contributed by atoms with Crippen LogP contribution in [0.3, 0.4) is 0 Å². The first-order valence-electron chi connectivity index (χ1n) is 5.65. The SMILES string of the molecule is CN=C(N)NN=Cc1cccn1-c1ccc(Cl)cc1. The number of benzene rings is 1. The largest absolute Gasteiger partial charge is 0.369 e. The van der Waals surface area contributed by atoms with Gasteiger partial charge < -0.3 is 10.3 Å². The van der Waals surface area contributed by atoms with E-state index in [4.69, 9.17) is 17.3 Å². The zero-order chi connectivity index (χ0) is 13.7. The quantitative estimate of drug-likeness (QED) is 0.511. The number of hydrazone groups is 1. The molecule has 0 bridgehead atoms. The summed E-state index contributed by atoms with van der Waals surface area (Å²) in [6.45, 7) is 0. The molecule has 1 aromatic carbocycles. The summed E-state index contributed by atoms with van der Waals surface area (Å²) < 4.78 is 1.99. The van der Waals surface area contributed by atoms with E-state index in [0.29, 0.717) is 5.02 Å². The van der Waals surface area contributed by atoms with Gasteiger partial charge in [0.05, 0.1) is 11.9 Å². The second-order valence-corrected chi connectivity index (χ2v) is 4.19. The smallest absolute Gasteiger partial charge is 0.209 e. The standard InChI is InChI=1S/C13H14ClN5/c1-16-13(15)18-17-9-12-3-2-8-19(12)11-6-4-10(14)5-7-11/h2-9H,1H3,(H3,15,16,18). The molecule has 0 aliphatic heterocycles. The van der Waals surface area contributed by atoms with Gasteiger partial charge in [0.2, 0.25) is 5.96 Å². The molecule has 5 nitrogen and oxygen atoms in total. The minimum absolute atomic E-state index is 0.265. The van der Waals surface area contributed by atoms with Crippen molar-refractivity contribution in [2.24, 2.45) is 15.8 Å². The van der Waals surface area contributed by atoms with Gasteiger partial charge in [0.1, 0.15) is 0 Å². The van der Waals surface area contributed by atoms with Gasteiger partial charge in [0.25, 0.3) is 0 Å². The predicted octanol–water partition coefficient (Wildman–Crippen LogP) is 2.00. The Balaban J connectivity index is 2.20. The van der Waals surface area contributed by atoms with Crippen molar-refractivity contribution in [3.8, 4) is 5.69 Å². The van der Waals surface area contributed by atoms with Crippen molar-refractivity contribution in [1.82, 2.24) is 9.99 Å². The van der Waals surface area contributed by atoms with Crippen molar-refractivity contribution in [2.45, 2.75) is 0 Å². The molecule has 0 unspecified atom stereocenters. The zero-order valence-corrected chi connectivity index (χ0v) is 11.2. The maximum absolute atomic E-state index is 5.87. The van der Waals surface area contributed by atoms with Gasteiger partial charge >= 0.3 is 0 Å². The number of nitrogens with one attached hydrogen (secondary N) is 1. The van der Waals surface area contributed by atoms with Crippen LogP contribution in [0.15, 0.2) is 52.7 Å². The summed E-state index contributed by atoms with van der Waals surface area (Å²) in [6, 6.07) is 11.5. The van der Waals surface area contributed by atoms with Crippen LogP contribution in [0.5, 0.6) is 0 Å². The number of aromatic nitrogens is 1.